The zero-order valence-electron chi connectivity index (χ0n) is 16.9. The van der Waals surface area contributed by atoms with Gasteiger partial charge in [-0.05, 0) is 58.7 Å². The Balaban J connectivity index is 1.57. The Morgan fingerprint density at radius 2 is 1.84 bits per heavy atom. The van der Waals surface area contributed by atoms with E-state index in [4.69, 9.17) is 0 Å². The highest BCUT2D eigenvalue weighted by Crippen LogP contribution is 2.21. The Morgan fingerprint density at radius 3 is 2.48 bits per heavy atom. The van der Waals surface area contributed by atoms with Crippen LogP contribution in [0.1, 0.15) is 64.7 Å². The molecule has 25 heavy (non-hydrogen) atoms. The Bertz CT molecular complexity index is 370. The second-order valence-electron chi connectivity index (χ2n) is 7.89. The maximum atomic E-state index is 4.41. The van der Waals surface area contributed by atoms with Crippen LogP contribution in [0.15, 0.2) is 4.99 Å². The predicted octanol–water partition coefficient (Wildman–Crippen LogP) is 2.68. The molecule has 146 valence electrons. The molecule has 2 N–H and O–H groups in total. The van der Waals surface area contributed by atoms with E-state index >= 15 is 0 Å². The fourth-order valence-corrected chi connectivity index (χ4v) is 4.24. The van der Waals surface area contributed by atoms with E-state index in [2.05, 4.69) is 39.4 Å². The van der Waals surface area contributed by atoms with Gasteiger partial charge in [0.05, 0.1) is 0 Å². The molecule has 1 saturated heterocycles. The van der Waals surface area contributed by atoms with Crippen molar-refractivity contribution >= 4 is 5.96 Å². The normalized spacial score (nSPS) is 21.7. The van der Waals surface area contributed by atoms with Gasteiger partial charge in [0.2, 0.25) is 0 Å². The summed E-state index contributed by atoms with van der Waals surface area (Å²) in [6, 6.07) is 1.39. The summed E-state index contributed by atoms with van der Waals surface area (Å²) in [5.74, 6) is 0.981. The van der Waals surface area contributed by atoms with Crippen molar-refractivity contribution in [1.29, 1.82) is 0 Å². The lowest BCUT2D eigenvalue weighted by atomic mass is 9.94. The van der Waals surface area contributed by atoms with Crippen molar-refractivity contribution < 1.29 is 0 Å². The fraction of sp³-hybridized carbons (Fsp3) is 0.950. The second kappa shape index (κ2) is 11.7. The van der Waals surface area contributed by atoms with Gasteiger partial charge in [-0.3, -0.25) is 4.99 Å². The highest BCUT2D eigenvalue weighted by molar-refractivity contribution is 5.79. The molecular formula is C20H41N5. The molecule has 0 unspecified atom stereocenters. The van der Waals surface area contributed by atoms with Gasteiger partial charge in [-0.1, -0.05) is 26.2 Å². The molecule has 2 aliphatic rings. The third kappa shape index (κ3) is 7.53. The molecule has 1 aliphatic carbocycles. The number of hydrogen-bond donors (Lipinski definition) is 2. The summed E-state index contributed by atoms with van der Waals surface area (Å²) in [4.78, 5) is 9.56. The average molecular weight is 352 g/mol. The molecule has 0 aromatic carbocycles. The molecule has 5 nitrogen and oxygen atoms in total. The highest BCUT2D eigenvalue weighted by atomic mass is 15.2. The summed E-state index contributed by atoms with van der Waals surface area (Å²) in [6.45, 7) is 8.13. The van der Waals surface area contributed by atoms with Crippen LogP contribution in [0.2, 0.25) is 0 Å². The molecule has 0 amide bonds. The maximum Gasteiger partial charge on any atom is 0.191 e. The lowest BCUT2D eigenvalue weighted by molar-refractivity contribution is 0.190. The molecule has 0 atom stereocenters. The molecule has 2 fully saturated rings. The first-order chi connectivity index (χ1) is 12.2. The van der Waals surface area contributed by atoms with Gasteiger partial charge in [0, 0.05) is 38.8 Å². The largest absolute Gasteiger partial charge is 0.356 e. The van der Waals surface area contributed by atoms with Gasteiger partial charge >= 0.3 is 0 Å². The molecule has 0 radical (unpaired) electrons. The minimum Gasteiger partial charge on any atom is -0.356 e. The standard InChI is InChI=1S/C20H41N5/c1-4-14-25-16-11-18(12-17-25)23-20(21-2)22-13-8-15-24(3)19-9-6-5-7-10-19/h18-19H,4-17H2,1-3H3,(H2,21,22,23). The van der Waals surface area contributed by atoms with E-state index in [1.807, 2.05) is 7.05 Å². The number of nitrogens with one attached hydrogen (secondary N) is 2. The number of piperidine rings is 1. The van der Waals surface area contributed by atoms with Gasteiger partial charge in [-0.15, -0.1) is 0 Å². The van der Waals surface area contributed by atoms with Crippen molar-refractivity contribution in [2.24, 2.45) is 4.99 Å². The van der Waals surface area contributed by atoms with Gasteiger partial charge < -0.3 is 20.4 Å². The summed E-state index contributed by atoms with van der Waals surface area (Å²) < 4.78 is 0. The fourth-order valence-electron chi connectivity index (χ4n) is 4.24. The molecule has 1 aliphatic heterocycles. The first kappa shape index (κ1) is 20.5. The molecule has 2 rings (SSSR count). The second-order valence-corrected chi connectivity index (χ2v) is 7.89. The summed E-state index contributed by atoms with van der Waals surface area (Å²) in [7, 11) is 4.18. The molecular weight excluding hydrogens is 310 g/mol. The number of guanidine groups is 1. The van der Waals surface area contributed by atoms with E-state index in [0.717, 1.165) is 18.5 Å². The van der Waals surface area contributed by atoms with Gasteiger partial charge in [-0.25, -0.2) is 0 Å². The Labute approximate surface area is 155 Å². The number of rotatable bonds is 8. The summed E-state index contributed by atoms with van der Waals surface area (Å²) >= 11 is 0. The van der Waals surface area contributed by atoms with E-state index < -0.39 is 0 Å². The van der Waals surface area contributed by atoms with Crippen LogP contribution in [0.25, 0.3) is 0 Å². The maximum absolute atomic E-state index is 4.41. The zero-order chi connectivity index (χ0) is 17.9. The minimum atomic E-state index is 0.573. The first-order valence-corrected chi connectivity index (χ1v) is 10.6. The van der Waals surface area contributed by atoms with Crippen molar-refractivity contribution in [3.8, 4) is 0 Å². The van der Waals surface area contributed by atoms with Crippen molar-refractivity contribution in [3.05, 3.63) is 0 Å². The zero-order valence-corrected chi connectivity index (χ0v) is 16.9. The molecule has 1 heterocycles. The van der Waals surface area contributed by atoms with Gasteiger partial charge in [0.25, 0.3) is 0 Å². The molecule has 0 aromatic heterocycles. The molecule has 0 spiro atoms. The van der Waals surface area contributed by atoms with Gasteiger partial charge in [-0.2, -0.15) is 0 Å². The summed E-state index contributed by atoms with van der Waals surface area (Å²) in [5.41, 5.74) is 0. The topological polar surface area (TPSA) is 42.9 Å². The Kier molecular flexibility index (Phi) is 9.63. The van der Waals surface area contributed by atoms with Crippen molar-refractivity contribution in [1.82, 2.24) is 20.4 Å². The smallest absolute Gasteiger partial charge is 0.191 e. The van der Waals surface area contributed by atoms with Gasteiger partial charge in [0.1, 0.15) is 0 Å². The quantitative estimate of drug-likeness (QED) is 0.401. The van der Waals surface area contributed by atoms with E-state index in [1.54, 1.807) is 0 Å². The number of likely N-dealkylation sites (tertiary alicyclic amines) is 1. The van der Waals surface area contributed by atoms with Crippen LogP contribution in [0.5, 0.6) is 0 Å². The average Bonchev–Trinajstić information content (AvgIpc) is 2.66. The molecule has 5 heteroatoms. The van der Waals surface area contributed by atoms with Crippen LogP contribution in [0.3, 0.4) is 0 Å². The molecule has 1 saturated carbocycles. The van der Waals surface area contributed by atoms with Crippen LogP contribution >= 0.6 is 0 Å². The van der Waals surface area contributed by atoms with Gasteiger partial charge in [0.15, 0.2) is 5.96 Å². The lowest BCUT2D eigenvalue weighted by Crippen LogP contribution is -2.49. The van der Waals surface area contributed by atoms with E-state index in [0.29, 0.717) is 6.04 Å². The monoisotopic (exact) mass is 351 g/mol. The van der Waals surface area contributed by atoms with Crippen LogP contribution in [-0.4, -0.2) is 74.7 Å². The predicted molar refractivity (Wildman–Crippen MR) is 108 cm³/mol. The van der Waals surface area contributed by atoms with Crippen molar-refractivity contribution in [3.63, 3.8) is 0 Å². The Morgan fingerprint density at radius 1 is 1.12 bits per heavy atom. The lowest BCUT2D eigenvalue weighted by Gasteiger charge is -2.33. The highest BCUT2D eigenvalue weighted by Gasteiger charge is 2.19. The number of nitrogens with zero attached hydrogens (tertiary/aromatic N) is 3. The minimum absolute atomic E-state index is 0.573. The van der Waals surface area contributed by atoms with Crippen LogP contribution in [0.4, 0.5) is 0 Å². The summed E-state index contributed by atoms with van der Waals surface area (Å²) in [5, 5.41) is 7.13. The van der Waals surface area contributed by atoms with Crippen LogP contribution in [-0.2, 0) is 0 Å². The van der Waals surface area contributed by atoms with E-state index in [-0.39, 0.29) is 0 Å². The van der Waals surface area contributed by atoms with Crippen LogP contribution in [0, 0.1) is 0 Å². The van der Waals surface area contributed by atoms with E-state index in [9.17, 15) is 0 Å². The van der Waals surface area contributed by atoms with Crippen LogP contribution < -0.4 is 10.6 Å². The third-order valence-corrected chi connectivity index (χ3v) is 5.87. The SMILES string of the molecule is CCCN1CCC(NC(=NC)NCCCN(C)C2CCCCC2)CC1. The third-order valence-electron chi connectivity index (χ3n) is 5.87. The first-order valence-electron chi connectivity index (χ1n) is 10.6. The number of hydrogen-bond acceptors (Lipinski definition) is 3. The number of aliphatic imine (C=N–C) groups is 1. The van der Waals surface area contributed by atoms with Crippen molar-refractivity contribution in [2.75, 3.05) is 46.8 Å². The Hall–Kier alpha value is -0.810. The van der Waals surface area contributed by atoms with Crippen molar-refractivity contribution in [2.45, 2.75) is 76.8 Å². The van der Waals surface area contributed by atoms with E-state index in [1.165, 1.54) is 84.0 Å². The molecule has 0 aromatic rings. The molecule has 0 bridgehead atoms. The summed E-state index contributed by atoms with van der Waals surface area (Å²) in [6.07, 6.45) is 12.0.